The van der Waals surface area contributed by atoms with Crippen molar-refractivity contribution in [2.45, 2.75) is 51.0 Å². The maximum Gasteiger partial charge on any atom is 0.317 e. The summed E-state index contributed by atoms with van der Waals surface area (Å²) in [5, 5.41) is 39.0. The lowest BCUT2D eigenvalue weighted by atomic mass is 9.92. The smallest absolute Gasteiger partial charge is 0.317 e. The number of rotatable bonds is 21. The number of carbonyl (C=O) groups excluding carboxylic acids is 3. The van der Waals surface area contributed by atoms with E-state index in [1.807, 2.05) is 0 Å². The minimum atomic E-state index is -1.27. The Morgan fingerprint density at radius 1 is 1.02 bits per heavy atom. The van der Waals surface area contributed by atoms with Gasteiger partial charge >= 0.3 is 17.9 Å². The quantitative estimate of drug-likeness (QED) is 0.0454. The molecule has 264 valence electrons. The van der Waals surface area contributed by atoms with Crippen LogP contribution in [0.4, 0.5) is 0 Å². The maximum absolute atomic E-state index is 13.3. The summed E-state index contributed by atoms with van der Waals surface area (Å²) in [5.74, 6) is -4.15. The molecule has 0 aliphatic carbocycles. The van der Waals surface area contributed by atoms with E-state index < -0.39 is 61.8 Å². The van der Waals surface area contributed by atoms with Gasteiger partial charge in [-0.05, 0) is 69.8 Å². The van der Waals surface area contributed by atoms with Crippen LogP contribution in [0.5, 0.6) is 0 Å². The molecule has 2 atom stereocenters. The van der Waals surface area contributed by atoms with Gasteiger partial charge in [-0.25, -0.2) is 0 Å². The number of hydrogen-bond acceptors (Lipinski definition) is 10. The van der Waals surface area contributed by atoms with Gasteiger partial charge in [-0.1, -0.05) is 6.58 Å². The zero-order valence-corrected chi connectivity index (χ0v) is 27.1. The Morgan fingerprint density at radius 3 is 2.32 bits per heavy atom. The SMILES string of the molecule is C=C(/C=C(\CNC)OCCNC(=O)CN(CC(=O)O)CC(=O)O)[C@H](CC(=O)O)NC(=O)[C@@H]1CCCN(C(=O)CCC2CCNCC2)C1. The van der Waals surface area contributed by atoms with Crippen LogP contribution in [0.15, 0.2) is 24.0 Å². The zero-order valence-electron chi connectivity index (χ0n) is 27.1. The predicted octanol–water partition coefficient (Wildman–Crippen LogP) is -0.772. The second-order valence-corrected chi connectivity index (χ2v) is 11.9. The molecular weight excluding hydrogens is 616 g/mol. The van der Waals surface area contributed by atoms with Crippen LogP contribution in [0.1, 0.15) is 44.9 Å². The molecule has 2 aliphatic rings. The fourth-order valence-corrected chi connectivity index (χ4v) is 5.62. The molecular formula is C31H50N6O10. The van der Waals surface area contributed by atoms with E-state index in [0.29, 0.717) is 43.1 Å². The molecule has 3 amide bonds. The second kappa shape index (κ2) is 21.0. The van der Waals surface area contributed by atoms with Gasteiger partial charge in [-0.15, -0.1) is 0 Å². The lowest BCUT2D eigenvalue weighted by molar-refractivity contribution is -0.143. The summed E-state index contributed by atoms with van der Waals surface area (Å²) in [7, 11) is 1.67. The Kier molecular flexibility index (Phi) is 17.5. The number of likely N-dealkylation sites (N-methyl/N-ethyl adjacent to an activating group) is 1. The molecule has 2 saturated heterocycles. The molecule has 0 spiro atoms. The normalized spacial score (nSPS) is 17.9. The van der Waals surface area contributed by atoms with Crippen molar-refractivity contribution in [3.63, 3.8) is 0 Å². The molecule has 2 aliphatic heterocycles. The van der Waals surface area contributed by atoms with Crippen molar-refractivity contribution in [3.8, 4) is 0 Å². The minimum Gasteiger partial charge on any atom is -0.495 e. The van der Waals surface area contributed by atoms with E-state index in [0.717, 1.165) is 37.3 Å². The van der Waals surface area contributed by atoms with Crippen molar-refractivity contribution in [1.82, 2.24) is 31.1 Å². The van der Waals surface area contributed by atoms with Gasteiger partial charge in [0.1, 0.15) is 12.4 Å². The lowest BCUT2D eigenvalue weighted by Gasteiger charge is -2.33. The summed E-state index contributed by atoms with van der Waals surface area (Å²) in [6.07, 6.45) is 5.76. The van der Waals surface area contributed by atoms with Crippen LogP contribution < -0.4 is 21.3 Å². The Morgan fingerprint density at radius 2 is 1.70 bits per heavy atom. The first-order chi connectivity index (χ1) is 22.4. The Bertz CT molecular complexity index is 1120. The van der Waals surface area contributed by atoms with Crippen LogP contribution in [-0.2, 0) is 33.5 Å². The van der Waals surface area contributed by atoms with E-state index in [2.05, 4.69) is 27.8 Å². The van der Waals surface area contributed by atoms with Crippen molar-refractivity contribution >= 4 is 35.6 Å². The second-order valence-electron chi connectivity index (χ2n) is 11.9. The first-order valence-electron chi connectivity index (χ1n) is 16.0. The van der Waals surface area contributed by atoms with E-state index in [9.17, 15) is 33.9 Å². The van der Waals surface area contributed by atoms with Crippen LogP contribution in [0, 0.1) is 11.8 Å². The van der Waals surface area contributed by atoms with Gasteiger partial charge in [-0.3, -0.25) is 33.7 Å². The number of carboxylic acids is 3. The number of carbonyl (C=O) groups is 6. The van der Waals surface area contributed by atoms with Crippen LogP contribution >= 0.6 is 0 Å². The number of hydrogen-bond donors (Lipinski definition) is 7. The van der Waals surface area contributed by atoms with Crippen LogP contribution in [0.25, 0.3) is 0 Å². The molecule has 2 fully saturated rings. The van der Waals surface area contributed by atoms with Gasteiger partial charge in [0.2, 0.25) is 17.7 Å². The van der Waals surface area contributed by atoms with Crippen LogP contribution in [-0.4, -0.2) is 139 Å². The monoisotopic (exact) mass is 666 g/mol. The number of carboxylic acid groups (broad SMARTS) is 3. The third-order valence-electron chi connectivity index (χ3n) is 8.01. The highest BCUT2D eigenvalue weighted by Crippen LogP contribution is 2.22. The summed E-state index contributed by atoms with van der Waals surface area (Å²) in [4.78, 5) is 74.6. The van der Waals surface area contributed by atoms with E-state index in [4.69, 9.17) is 14.9 Å². The number of likely N-dealkylation sites (tertiary alicyclic amines) is 1. The highest BCUT2D eigenvalue weighted by molar-refractivity contribution is 5.83. The first-order valence-corrected chi connectivity index (χ1v) is 16.0. The van der Waals surface area contributed by atoms with Gasteiger partial charge in [-0.2, -0.15) is 0 Å². The zero-order chi connectivity index (χ0) is 34.8. The molecule has 0 aromatic rings. The standard InChI is InChI=1S/C31H50N6O10/c1-21(14-24(16-32-2)47-13-11-34-26(38)18-36(19-29(42)43)20-30(44)45)25(15-28(40)41)35-31(46)23-4-3-12-37(17-23)27(39)6-5-22-7-9-33-10-8-22/h14,22-23,25,32-33H,1,3-13,15-20H2,2H3,(H,34,38)(H,35,46)(H,40,41)(H,42,43)(H,44,45)/b24-14+/t23-,25+/m1/s1. The molecule has 2 heterocycles. The van der Waals surface area contributed by atoms with Gasteiger partial charge in [0.15, 0.2) is 0 Å². The molecule has 0 radical (unpaired) electrons. The van der Waals surface area contributed by atoms with Crippen molar-refractivity contribution in [2.24, 2.45) is 11.8 Å². The minimum absolute atomic E-state index is 0.01000. The van der Waals surface area contributed by atoms with E-state index in [1.54, 1.807) is 11.9 Å². The molecule has 0 aromatic carbocycles. The van der Waals surface area contributed by atoms with Crippen molar-refractivity contribution in [3.05, 3.63) is 24.0 Å². The predicted molar refractivity (Wildman–Crippen MR) is 170 cm³/mol. The number of piperidine rings is 2. The highest BCUT2D eigenvalue weighted by Gasteiger charge is 2.31. The topological polar surface area (TPSA) is 227 Å². The molecule has 0 bridgehead atoms. The largest absolute Gasteiger partial charge is 0.495 e. The van der Waals surface area contributed by atoms with Crippen LogP contribution in [0.2, 0.25) is 0 Å². The summed E-state index contributed by atoms with van der Waals surface area (Å²) < 4.78 is 5.73. The average molecular weight is 667 g/mol. The third-order valence-corrected chi connectivity index (χ3v) is 8.01. The number of ether oxygens (including phenoxy) is 1. The van der Waals surface area contributed by atoms with E-state index >= 15 is 0 Å². The van der Waals surface area contributed by atoms with E-state index in [1.165, 1.54) is 6.08 Å². The number of nitrogens with one attached hydrogen (secondary N) is 4. The lowest BCUT2D eigenvalue weighted by Crippen LogP contribution is -2.48. The molecule has 2 rings (SSSR count). The Balaban J connectivity index is 1.92. The van der Waals surface area contributed by atoms with Crippen molar-refractivity contribution in [2.75, 3.05) is 72.6 Å². The molecule has 0 unspecified atom stereocenters. The molecule has 7 N–H and O–H groups in total. The number of amides is 3. The van der Waals surface area contributed by atoms with Crippen LogP contribution in [0.3, 0.4) is 0 Å². The van der Waals surface area contributed by atoms with Gasteiger partial charge in [0.25, 0.3) is 0 Å². The van der Waals surface area contributed by atoms with Gasteiger partial charge in [0.05, 0.1) is 51.1 Å². The summed E-state index contributed by atoms with van der Waals surface area (Å²) in [5.41, 5.74) is 0.290. The molecule has 16 nitrogen and oxygen atoms in total. The fourth-order valence-electron chi connectivity index (χ4n) is 5.62. The highest BCUT2D eigenvalue weighted by atomic mass is 16.5. The van der Waals surface area contributed by atoms with Crippen molar-refractivity contribution < 1.29 is 48.8 Å². The third kappa shape index (κ3) is 15.9. The molecule has 47 heavy (non-hydrogen) atoms. The molecule has 0 aromatic heterocycles. The molecule has 16 heteroatoms. The maximum atomic E-state index is 13.3. The van der Waals surface area contributed by atoms with Gasteiger partial charge in [0, 0.05) is 19.5 Å². The van der Waals surface area contributed by atoms with Crippen molar-refractivity contribution in [1.29, 1.82) is 0 Å². The number of aliphatic carboxylic acids is 3. The summed E-state index contributed by atoms with van der Waals surface area (Å²) >= 11 is 0. The van der Waals surface area contributed by atoms with Gasteiger partial charge < -0.3 is 46.2 Å². The average Bonchev–Trinajstić information content (AvgIpc) is 3.01. The Hall–Kier alpha value is -4.02. The summed E-state index contributed by atoms with van der Waals surface area (Å²) in [6.45, 7) is 5.36. The molecule has 0 saturated carbocycles. The first kappa shape index (κ1) is 39.2. The van der Waals surface area contributed by atoms with E-state index in [-0.39, 0.29) is 38.1 Å². The summed E-state index contributed by atoms with van der Waals surface area (Å²) in [6, 6.07) is -0.935. The fraction of sp³-hybridized carbons (Fsp3) is 0.677. The number of nitrogens with zero attached hydrogens (tertiary/aromatic N) is 2. The Labute approximate surface area is 274 Å².